The molecule has 2 aromatic rings. The topological polar surface area (TPSA) is 105 Å². The average Bonchev–Trinajstić information content (AvgIpc) is 3.07. The predicted octanol–water partition coefficient (Wildman–Crippen LogP) is 0.205. The normalized spacial score (nSPS) is 10.8. The number of ether oxygens (including phenoxy) is 2. The fourth-order valence-electron chi connectivity index (χ4n) is 1.62. The largest absolute Gasteiger partial charge is 0.464 e. The molecule has 0 atom stereocenters. The molecular weight excluding hydrogens is 266 g/mol. The summed E-state index contributed by atoms with van der Waals surface area (Å²) < 4.78 is 16.3. The standard InChI is InChI=1S/C11H15N5O4/c1-4-8-12-9(20-14-8)5-16-7(6-18-2)10(13-15-16)11(17)19-3/h4-6H2,1-3H3. The van der Waals surface area contributed by atoms with Gasteiger partial charge in [0.2, 0.25) is 5.89 Å². The van der Waals surface area contributed by atoms with Crippen LogP contribution in [0.3, 0.4) is 0 Å². The average molecular weight is 281 g/mol. The van der Waals surface area contributed by atoms with Crippen molar-refractivity contribution in [3.05, 3.63) is 23.1 Å². The van der Waals surface area contributed by atoms with Crippen LogP contribution in [0.15, 0.2) is 4.52 Å². The summed E-state index contributed by atoms with van der Waals surface area (Å²) in [6.07, 6.45) is 0.680. The van der Waals surface area contributed by atoms with Gasteiger partial charge in [-0.25, -0.2) is 9.48 Å². The summed E-state index contributed by atoms with van der Waals surface area (Å²) in [6.45, 7) is 2.32. The molecule has 0 radical (unpaired) electrons. The van der Waals surface area contributed by atoms with E-state index in [2.05, 4.69) is 25.2 Å². The highest BCUT2D eigenvalue weighted by Crippen LogP contribution is 2.10. The lowest BCUT2D eigenvalue weighted by atomic mass is 10.3. The van der Waals surface area contributed by atoms with E-state index >= 15 is 0 Å². The summed E-state index contributed by atoms with van der Waals surface area (Å²) >= 11 is 0. The maximum Gasteiger partial charge on any atom is 0.360 e. The molecule has 108 valence electrons. The molecule has 0 unspecified atom stereocenters. The predicted molar refractivity (Wildman–Crippen MR) is 64.9 cm³/mol. The lowest BCUT2D eigenvalue weighted by Gasteiger charge is -2.04. The van der Waals surface area contributed by atoms with Crippen molar-refractivity contribution < 1.29 is 18.8 Å². The maximum absolute atomic E-state index is 11.6. The molecule has 0 aliphatic rings. The zero-order valence-electron chi connectivity index (χ0n) is 11.5. The van der Waals surface area contributed by atoms with E-state index in [4.69, 9.17) is 9.26 Å². The van der Waals surface area contributed by atoms with Gasteiger partial charge in [0.15, 0.2) is 11.5 Å². The summed E-state index contributed by atoms with van der Waals surface area (Å²) in [6, 6.07) is 0. The van der Waals surface area contributed by atoms with Crippen molar-refractivity contribution in [1.82, 2.24) is 25.1 Å². The van der Waals surface area contributed by atoms with Crippen molar-refractivity contribution in [1.29, 1.82) is 0 Å². The van der Waals surface area contributed by atoms with E-state index in [1.54, 1.807) is 0 Å². The smallest absolute Gasteiger partial charge is 0.360 e. The zero-order chi connectivity index (χ0) is 14.5. The molecule has 0 aromatic carbocycles. The Kier molecular flexibility index (Phi) is 4.41. The van der Waals surface area contributed by atoms with Crippen LogP contribution >= 0.6 is 0 Å². The summed E-state index contributed by atoms with van der Waals surface area (Å²) in [5.41, 5.74) is 0.611. The molecule has 9 heteroatoms. The number of nitrogens with zero attached hydrogens (tertiary/aromatic N) is 5. The van der Waals surface area contributed by atoms with Crippen molar-refractivity contribution in [3.63, 3.8) is 0 Å². The molecule has 9 nitrogen and oxygen atoms in total. The molecule has 0 bridgehead atoms. The molecule has 0 spiro atoms. The highest BCUT2D eigenvalue weighted by Gasteiger charge is 2.21. The molecule has 0 saturated carbocycles. The third-order valence-electron chi connectivity index (χ3n) is 2.61. The van der Waals surface area contributed by atoms with Crippen LogP contribution in [0.25, 0.3) is 0 Å². The molecule has 0 aliphatic carbocycles. The van der Waals surface area contributed by atoms with Crippen LogP contribution in [0.1, 0.15) is 34.8 Å². The second-order valence-electron chi connectivity index (χ2n) is 3.92. The fraction of sp³-hybridized carbons (Fsp3) is 0.545. The van der Waals surface area contributed by atoms with Crippen LogP contribution in [-0.2, 0) is 29.0 Å². The highest BCUT2D eigenvalue weighted by atomic mass is 16.5. The number of methoxy groups -OCH3 is 2. The van der Waals surface area contributed by atoms with Gasteiger partial charge in [0, 0.05) is 13.5 Å². The number of carbonyl (C=O) groups excluding carboxylic acids is 1. The van der Waals surface area contributed by atoms with E-state index in [1.165, 1.54) is 18.9 Å². The van der Waals surface area contributed by atoms with E-state index in [-0.39, 0.29) is 18.8 Å². The lowest BCUT2D eigenvalue weighted by molar-refractivity contribution is 0.0588. The first-order valence-electron chi connectivity index (χ1n) is 6.00. The van der Waals surface area contributed by atoms with Crippen molar-refractivity contribution in [2.24, 2.45) is 0 Å². The molecule has 0 amide bonds. The van der Waals surface area contributed by atoms with E-state index in [1.807, 2.05) is 6.92 Å². The van der Waals surface area contributed by atoms with Gasteiger partial charge < -0.3 is 14.0 Å². The third kappa shape index (κ3) is 2.82. The molecule has 2 aromatic heterocycles. The number of aromatic nitrogens is 5. The maximum atomic E-state index is 11.6. The number of rotatable bonds is 6. The summed E-state index contributed by atoms with van der Waals surface area (Å²) in [4.78, 5) is 15.8. The van der Waals surface area contributed by atoms with Crippen LogP contribution in [-0.4, -0.2) is 45.3 Å². The Hall–Kier alpha value is -2.29. The van der Waals surface area contributed by atoms with Gasteiger partial charge >= 0.3 is 5.97 Å². The summed E-state index contributed by atoms with van der Waals surface area (Å²) in [5, 5.41) is 11.5. The van der Waals surface area contributed by atoms with E-state index in [0.29, 0.717) is 23.8 Å². The van der Waals surface area contributed by atoms with Gasteiger partial charge in [0.05, 0.1) is 19.4 Å². The van der Waals surface area contributed by atoms with Gasteiger partial charge in [-0.1, -0.05) is 17.3 Å². The second-order valence-corrected chi connectivity index (χ2v) is 3.92. The Morgan fingerprint density at radius 2 is 2.20 bits per heavy atom. The highest BCUT2D eigenvalue weighted by molar-refractivity contribution is 5.88. The molecule has 2 rings (SSSR count). The van der Waals surface area contributed by atoms with Crippen LogP contribution in [0.5, 0.6) is 0 Å². The number of esters is 1. The van der Waals surface area contributed by atoms with E-state index < -0.39 is 5.97 Å². The Bertz CT molecular complexity index is 591. The molecular formula is C11H15N5O4. The number of hydrogen-bond acceptors (Lipinski definition) is 8. The molecule has 0 saturated heterocycles. The van der Waals surface area contributed by atoms with Gasteiger partial charge in [-0.3, -0.25) is 0 Å². The van der Waals surface area contributed by atoms with Crippen molar-refractivity contribution in [2.45, 2.75) is 26.5 Å². The van der Waals surface area contributed by atoms with Gasteiger partial charge in [-0.05, 0) is 0 Å². The van der Waals surface area contributed by atoms with E-state index in [9.17, 15) is 4.79 Å². The van der Waals surface area contributed by atoms with Crippen molar-refractivity contribution in [3.8, 4) is 0 Å². The first-order chi connectivity index (χ1) is 9.69. The fourth-order valence-corrected chi connectivity index (χ4v) is 1.62. The van der Waals surface area contributed by atoms with Crippen molar-refractivity contribution >= 4 is 5.97 Å². The monoisotopic (exact) mass is 281 g/mol. The Balaban J connectivity index is 2.26. The minimum absolute atomic E-state index is 0.115. The number of carbonyl (C=O) groups is 1. The van der Waals surface area contributed by atoms with Crippen molar-refractivity contribution in [2.75, 3.05) is 14.2 Å². The van der Waals surface area contributed by atoms with Gasteiger partial charge in [0.1, 0.15) is 6.54 Å². The Morgan fingerprint density at radius 3 is 2.80 bits per heavy atom. The molecule has 0 aliphatic heterocycles. The van der Waals surface area contributed by atoms with Crippen LogP contribution in [0, 0.1) is 0 Å². The first kappa shape index (κ1) is 14.1. The minimum Gasteiger partial charge on any atom is -0.464 e. The third-order valence-corrected chi connectivity index (χ3v) is 2.61. The molecule has 2 heterocycles. The quantitative estimate of drug-likeness (QED) is 0.691. The molecule has 0 fully saturated rings. The Labute approximate surface area is 114 Å². The van der Waals surface area contributed by atoms with Gasteiger partial charge in [-0.2, -0.15) is 4.98 Å². The summed E-state index contributed by atoms with van der Waals surface area (Å²) in [5.74, 6) is 0.435. The molecule has 20 heavy (non-hydrogen) atoms. The number of aryl methyl sites for hydroxylation is 1. The number of hydrogen-bond donors (Lipinski definition) is 0. The minimum atomic E-state index is -0.567. The van der Waals surface area contributed by atoms with Gasteiger partial charge in [-0.15, -0.1) is 5.10 Å². The first-order valence-corrected chi connectivity index (χ1v) is 6.00. The second kappa shape index (κ2) is 6.24. The SMILES string of the molecule is CCc1noc(Cn2nnc(C(=O)OC)c2COC)n1. The lowest BCUT2D eigenvalue weighted by Crippen LogP contribution is -2.11. The molecule has 0 N–H and O–H groups in total. The van der Waals surface area contributed by atoms with Crippen LogP contribution < -0.4 is 0 Å². The van der Waals surface area contributed by atoms with Gasteiger partial charge in [0.25, 0.3) is 0 Å². The summed E-state index contributed by atoms with van der Waals surface area (Å²) in [7, 11) is 2.80. The van der Waals surface area contributed by atoms with Crippen LogP contribution in [0.2, 0.25) is 0 Å². The van der Waals surface area contributed by atoms with Crippen LogP contribution in [0.4, 0.5) is 0 Å². The van der Waals surface area contributed by atoms with E-state index in [0.717, 1.165) is 0 Å². The Morgan fingerprint density at radius 1 is 1.40 bits per heavy atom. The zero-order valence-corrected chi connectivity index (χ0v) is 11.5.